The van der Waals surface area contributed by atoms with Crippen LogP contribution in [-0.2, 0) is 0 Å². The Morgan fingerprint density at radius 2 is 1.40 bits per heavy atom. The smallest absolute Gasteiger partial charge is 0.0938 e. The summed E-state index contributed by atoms with van der Waals surface area (Å²) in [5.74, 6) is 0. The Morgan fingerprint density at radius 3 is 2.00 bits per heavy atom. The van der Waals surface area contributed by atoms with Crippen LogP contribution in [0.2, 0.25) is 0 Å². The van der Waals surface area contributed by atoms with Crippen LogP contribution >= 0.6 is 0 Å². The van der Waals surface area contributed by atoms with E-state index >= 15 is 0 Å². The average molecular weight is 268 g/mol. The SMILES string of the molecule is CC(O)c1nc2ccccc2c2ccccc12.CNC. The lowest BCUT2D eigenvalue weighted by Gasteiger charge is -2.11. The Balaban J connectivity index is 0.000000452. The molecule has 1 heterocycles. The molecule has 0 aliphatic rings. The lowest BCUT2D eigenvalue weighted by molar-refractivity contribution is 0.196. The van der Waals surface area contributed by atoms with Crippen LogP contribution in [0.5, 0.6) is 0 Å². The van der Waals surface area contributed by atoms with E-state index in [0.717, 1.165) is 27.4 Å². The summed E-state index contributed by atoms with van der Waals surface area (Å²) >= 11 is 0. The predicted molar refractivity (Wildman–Crippen MR) is 84.9 cm³/mol. The molecule has 1 atom stereocenters. The first-order valence-electron chi connectivity index (χ1n) is 6.73. The minimum absolute atomic E-state index is 0.551. The van der Waals surface area contributed by atoms with E-state index in [-0.39, 0.29) is 0 Å². The van der Waals surface area contributed by atoms with Gasteiger partial charge in [-0.15, -0.1) is 0 Å². The zero-order valence-corrected chi connectivity index (χ0v) is 12.1. The first-order chi connectivity index (χ1) is 9.69. The molecule has 0 aliphatic carbocycles. The van der Waals surface area contributed by atoms with Crippen LogP contribution in [-0.4, -0.2) is 24.2 Å². The molecule has 20 heavy (non-hydrogen) atoms. The highest BCUT2D eigenvalue weighted by molar-refractivity contribution is 6.06. The fourth-order valence-electron chi connectivity index (χ4n) is 2.25. The molecule has 0 spiro atoms. The quantitative estimate of drug-likeness (QED) is 0.666. The molecule has 104 valence electrons. The monoisotopic (exact) mass is 268 g/mol. The van der Waals surface area contributed by atoms with Crippen molar-refractivity contribution in [1.82, 2.24) is 10.3 Å². The number of para-hydroxylation sites is 1. The largest absolute Gasteiger partial charge is 0.387 e. The van der Waals surface area contributed by atoms with Crippen LogP contribution in [0, 0.1) is 0 Å². The number of nitrogens with one attached hydrogen (secondary N) is 1. The van der Waals surface area contributed by atoms with Gasteiger partial charge in [-0.3, -0.25) is 0 Å². The highest BCUT2D eigenvalue weighted by atomic mass is 16.3. The molecule has 1 unspecified atom stereocenters. The van der Waals surface area contributed by atoms with Crippen molar-refractivity contribution in [2.75, 3.05) is 14.1 Å². The summed E-state index contributed by atoms with van der Waals surface area (Å²) in [5, 5.41) is 15.9. The van der Waals surface area contributed by atoms with Gasteiger partial charge < -0.3 is 10.4 Å². The number of fused-ring (bicyclic) bond motifs is 3. The third-order valence-corrected chi connectivity index (χ3v) is 3.03. The molecule has 3 nitrogen and oxygen atoms in total. The number of aromatic nitrogens is 1. The van der Waals surface area contributed by atoms with Crippen LogP contribution in [0.3, 0.4) is 0 Å². The highest BCUT2D eigenvalue weighted by Crippen LogP contribution is 2.28. The number of hydrogen-bond donors (Lipinski definition) is 2. The molecule has 0 bridgehead atoms. The normalized spacial score (nSPS) is 12.0. The molecule has 0 aliphatic heterocycles. The number of rotatable bonds is 1. The number of hydrogen-bond acceptors (Lipinski definition) is 3. The summed E-state index contributed by atoms with van der Waals surface area (Å²) < 4.78 is 0. The molecule has 0 saturated heterocycles. The fraction of sp³-hybridized carbons (Fsp3) is 0.235. The second-order valence-corrected chi connectivity index (χ2v) is 4.74. The lowest BCUT2D eigenvalue weighted by atomic mass is 10.0. The predicted octanol–water partition coefficient (Wildman–Crippen LogP) is 3.28. The molecule has 2 aromatic carbocycles. The zero-order valence-electron chi connectivity index (χ0n) is 12.1. The number of benzene rings is 2. The first-order valence-corrected chi connectivity index (χ1v) is 6.73. The van der Waals surface area contributed by atoms with E-state index in [2.05, 4.69) is 22.4 Å². The minimum atomic E-state index is -0.551. The van der Waals surface area contributed by atoms with E-state index in [1.54, 1.807) is 6.92 Å². The summed E-state index contributed by atoms with van der Waals surface area (Å²) in [5.41, 5.74) is 1.68. The molecule has 0 radical (unpaired) electrons. The third kappa shape index (κ3) is 2.79. The van der Waals surface area contributed by atoms with E-state index in [1.165, 1.54) is 0 Å². The van der Waals surface area contributed by atoms with Gasteiger partial charge in [-0.05, 0) is 32.5 Å². The minimum Gasteiger partial charge on any atom is -0.387 e. The van der Waals surface area contributed by atoms with E-state index in [9.17, 15) is 5.11 Å². The second kappa shape index (κ2) is 6.46. The molecular weight excluding hydrogens is 248 g/mol. The Bertz CT molecular complexity index is 707. The Kier molecular flexibility index (Phi) is 4.66. The van der Waals surface area contributed by atoms with Crippen LogP contribution in [0.15, 0.2) is 48.5 Å². The van der Waals surface area contributed by atoms with Gasteiger partial charge in [-0.25, -0.2) is 4.98 Å². The number of pyridine rings is 1. The number of aliphatic hydroxyl groups excluding tert-OH is 1. The standard InChI is InChI=1S/C15H13NO.C2H7N/c1-10(17)15-13-8-3-2-6-11(13)12-7-4-5-9-14(12)16-15;1-3-2/h2-10,17H,1H3;3H,1-2H3. The van der Waals surface area contributed by atoms with Gasteiger partial charge in [0.1, 0.15) is 0 Å². The van der Waals surface area contributed by atoms with Crippen molar-refractivity contribution < 1.29 is 5.11 Å². The molecule has 3 heteroatoms. The second-order valence-electron chi connectivity index (χ2n) is 4.74. The average Bonchev–Trinajstić information content (AvgIpc) is 2.47. The van der Waals surface area contributed by atoms with Gasteiger partial charge in [0.25, 0.3) is 0 Å². The van der Waals surface area contributed by atoms with Gasteiger partial charge >= 0.3 is 0 Å². The molecule has 3 rings (SSSR count). The molecule has 0 fully saturated rings. The lowest BCUT2D eigenvalue weighted by Crippen LogP contribution is -1.97. The number of aliphatic hydroxyl groups is 1. The van der Waals surface area contributed by atoms with Crippen molar-refractivity contribution in [2.45, 2.75) is 13.0 Å². The van der Waals surface area contributed by atoms with E-state index in [4.69, 9.17) is 0 Å². The summed E-state index contributed by atoms with van der Waals surface area (Å²) in [7, 11) is 3.75. The van der Waals surface area contributed by atoms with Gasteiger partial charge in [0, 0.05) is 10.8 Å². The Morgan fingerprint density at radius 1 is 0.900 bits per heavy atom. The maximum absolute atomic E-state index is 9.82. The van der Waals surface area contributed by atoms with Crippen molar-refractivity contribution in [3.63, 3.8) is 0 Å². The van der Waals surface area contributed by atoms with Crippen molar-refractivity contribution in [3.05, 3.63) is 54.2 Å². The van der Waals surface area contributed by atoms with Gasteiger partial charge in [0.05, 0.1) is 17.3 Å². The Hall–Kier alpha value is -1.97. The number of nitrogens with zero attached hydrogens (tertiary/aromatic N) is 1. The van der Waals surface area contributed by atoms with Crippen LogP contribution in [0.25, 0.3) is 21.7 Å². The molecule has 0 saturated carbocycles. The summed E-state index contributed by atoms with van der Waals surface area (Å²) in [6, 6.07) is 16.1. The fourth-order valence-corrected chi connectivity index (χ4v) is 2.25. The molecular formula is C17H20N2O. The van der Waals surface area contributed by atoms with E-state index in [0.29, 0.717) is 0 Å². The molecule has 2 N–H and O–H groups in total. The molecule has 1 aromatic heterocycles. The maximum Gasteiger partial charge on any atom is 0.0938 e. The highest BCUT2D eigenvalue weighted by Gasteiger charge is 2.10. The summed E-state index contributed by atoms with van der Waals surface area (Å²) in [6.07, 6.45) is -0.551. The summed E-state index contributed by atoms with van der Waals surface area (Å²) in [6.45, 7) is 1.75. The van der Waals surface area contributed by atoms with Crippen molar-refractivity contribution in [3.8, 4) is 0 Å². The van der Waals surface area contributed by atoms with Crippen LogP contribution in [0.4, 0.5) is 0 Å². The maximum atomic E-state index is 9.82. The van der Waals surface area contributed by atoms with Crippen molar-refractivity contribution in [1.29, 1.82) is 0 Å². The van der Waals surface area contributed by atoms with Gasteiger partial charge in [0.2, 0.25) is 0 Å². The van der Waals surface area contributed by atoms with Gasteiger partial charge in [-0.1, -0.05) is 42.5 Å². The Labute approximate surface area is 119 Å². The van der Waals surface area contributed by atoms with E-state index in [1.807, 2.05) is 50.5 Å². The van der Waals surface area contributed by atoms with Crippen LogP contribution in [0.1, 0.15) is 18.7 Å². The van der Waals surface area contributed by atoms with Crippen molar-refractivity contribution >= 4 is 21.7 Å². The first kappa shape index (κ1) is 14.4. The molecule has 3 aromatic rings. The van der Waals surface area contributed by atoms with Crippen LogP contribution < -0.4 is 5.32 Å². The summed E-state index contributed by atoms with van der Waals surface area (Å²) in [4.78, 5) is 4.55. The van der Waals surface area contributed by atoms with Gasteiger partial charge in [-0.2, -0.15) is 0 Å². The van der Waals surface area contributed by atoms with Crippen molar-refractivity contribution in [2.24, 2.45) is 0 Å². The molecule has 0 amide bonds. The topological polar surface area (TPSA) is 45.2 Å². The zero-order chi connectivity index (χ0) is 14.5. The van der Waals surface area contributed by atoms with E-state index < -0.39 is 6.10 Å². The van der Waals surface area contributed by atoms with Gasteiger partial charge in [0.15, 0.2) is 0 Å². The third-order valence-electron chi connectivity index (χ3n) is 3.03.